The molecule has 2 rings (SSSR count). The van der Waals surface area contributed by atoms with Gasteiger partial charge in [-0.1, -0.05) is 0 Å². The number of hydrogen-bond acceptors (Lipinski definition) is 5. The highest BCUT2D eigenvalue weighted by atomic mass is 32.2. The number of aryl methyl sites for hydroxylation is 1. The number of pyridine rings is 2. The molecule has 6 heteroatoms. The van der Waals surface area contributed by atoms with E-state index < -0.39 is 9.84 Å². The van der Waals surface area contributed by atoms with Crippen LogP contribution in [-0.2, 0) is 16.4 Å². The number of aromatic nitrogens is 2. The lowest BCUT2D eigenvalue weighted by molar-refractivity contribution is 0.601. The summed E-state index contributed by atoms with van der Waals surface area (Å²) < 4.78 is 23.3. The summed E-state index contributed by atoms with van der Waals surface area (Å²) in [6, 6.07) is 5.05. The Morgan fingerprint density at radius 3 is 2.74 bits per heavy atom. The summed E-state index contributed by atoms with van der Waals surface area (Å²) in [6.07, 6.45) is 6.22. The van der Waals surface area contributed by atoms with Crippen molar-refractivity contribution in [3.05, 3.63) is 47.9 Å². The zero-order valence-corrected chi connectivity index (χ0v) is 11.6. The van der Waals surface area contributed by atoms with Crippen molar-refractivity contribution in [1.82, 2.24) is 9.97 Å². The molecule has 0 aliphatic rings. The standard InChI is InChI=1S/C13H15N3O2S/c1-10-8-14-7-5-11(10)9-16-13-12(19(2,17)18)4-3-6-15-13/h3-8H,9H2,1-2H3,(H,15,16). The molecule has 0 amide bonds. The molecule has 5 nitrogen and oxygen atoms in total. The monoisotopic (exact) mass is 277 g/mol. The van der Waals surface area contributed by atoms with Gasteiger partial charge in [0.2, 0.25) is 0 Å². The van der Waals surface area contributed by atoms with Crippen LogP contribution in [0.1, 0.15) is 11.1 Å². The first-order valence-electron chi connectivity index (χ1n) is 5.77. The van der Waals surface area contributed by atoms with E-state index in [1.54, 1.807) is 30.7 Å². The molecule has 0 saturated carbocycles. The van der Waals surface area contributed by atoms with Gasteiger partial charge >= 0.3 is 0 Å². The van der Waals surface area contributed by atoms with Crippen LogP contribution in [0.25, 0.3) is 0 Å². The number of nitrogens with zero attached hydrogens (tertiary/aromatic N) is 2. The topological polar surface area (TPSA) is 72.0 Å². The third kappa shape index (κ3) is 3.29. The summed E-state index contributed by atoms with van der Waals surface area (Å²) in [7, 11) is -3.29. The summed E-state index contributed by atoms with van der Waals surface area (Å²) in [6.45, 7) is 2.47. The van der Waals surface area contributed by atoms with E-state index in [0.29, 0.717) is 12.4 Å². The van der Waals surface area contributed by atoms with Crippen LogP contribution in [0.15, 0.2) is 41.7 Å². The Kier molecular flexibility index (Phi) is 3.80. The van der Waals surface area contributed by atoms with Gasteiger partial charge in [0.25, 0.3) is 0 Å². The van der Waals surface area contributed by atoms with Crippen molar-refractivity contribution in [2.45, 2.75) is 18.4 Å². The van der Waals surface area contributed by atoms with Crippen LogP contribution in [-0.4, -0.2) is 24.6 Å². The molecule has 0 atom stereocenters. The summed E-state index contributed by atoms with van der Waals surface area (Å²) >= 11 is 0. The number of sulfone groups is 1. The molecular weight excluding hydrogens is 262 g/mol. The second-order valence-corrected chi connectivity index (χ2v) is 6.26. The maximum atomic E-state index is 11.6. The SMILES string of the molecule is Cc1cnccc1CNc1ncccc1S(C)(=O)=O. The van der Waals surface area contributed by atoms with E-state index in [1.165, 1.54) is 6.26 Å². The fourth-order valence-electron chi connectivity index (χ4n) is 1.70. The van der Waals surface area contributed by atoms with E-state index in [2.05, 4.69) is 15.3 Å². The quantitative estimate of drug-likeness (QED) is 0.922. The van der Waals surface area contributed by atoms with Crippen LogP contribution < -0.4 is 5.32 Å². The Hall–Kier alpha value is -1.95. The molecule has 1 N–H and O–H groups in total. The largest absolute Gasteiger partial charge is 0.365 e. The van der Waals surface area contributed by atoms with Crippen molar-refractivity contribution in [2.24, 2.45) is 0 Å². The molecule has 0 fully saturated rings. The molecule has 2 heterocycles. The van der Waals surface area contributed by atoms with Crippen LogP contribution in [0, 0.1) is 6.92 Å². The summed E-state index contributed by atoms with van der Waals surface area (Å²) in [5.41, 5.74) is 2.10. The molecule has 0 aliphatic carbocycles. The lowest BCUT2D eigenvalue weighted by Crippen LogP contribution is -2.08. The maximum absolute atomic E-state index is 11.6. The first-order chi connectivity index (χ1) is 8.98. The second-order valence-electron chi connectivity index (χ2n) is 4.28. The van der Waals surface area contributed by atoms with Crippen LogP contribution in [0.3, 0.4) is 0 Å². The molecule has 0 spiro atoms. The van der Waals surface area contributed by atoms with E-state index in [0.717, 1.165) is 11.1 Å². The van der Waals surface area contributed by atoms with Crippen LogP contribution in [0.5, 0.6) is 0 Å². The van der Waals surface area contributed by atoms with Gasteiger partial charge < -0.3 is 5.32 Å². The molecule has 100 valence electrons. The Bertz CT molecular complexity index is 684. The fourth-order valence-corrected chi connectivity index (χ4v) is 2.50. The predicted molar refractivity (Wildman–Crippen MR) is 73.6 cm³/mol. The second kappa shape index (κ2) is 5.36. The minimum Gasteiger partial charge on any atom is -0.365 e. The molecule has 0 aliphatic heterocycles. The molecule has 0 bridgehead atoms. The van der Waals surface area contributed by atoms with Gasteiger partial charge in [0.1, 0.15) is 10.7 Å². The Balaban J connectivity index is 2.24. The molecular formula is C13H15N3O2S. The van der Waals surface area contributed by atoms with Gasteiger partial charge in [0.15, 0.2) is 9.84 Å². The van der Waals surface area contributed by atoms with Gasteiger partial charge in [0, 0.05) is 31.4 Å². The summed E-state index contributed by atoms with van der Waals surface area (Å²) in [5, 5.41) is 3.06. The van der Waals surface area contributed by atoms with E-state index in [-0.39, 0.29) is 4.90 Å². The summed E-state index contributed by atoms with van der Waals surface area (Å²) in [4.78, 5) is 8.31. The van der Waals surface area contributed by atoms with Crippen molar-refractivity contribution in [2.75, 3.05) is 11.6 Å². The zero-order valence-electron chi connectivity index (χ0n) is 10.8. The van der Waals surface area contributed by atoms with Gasteiger partial charge in [-0.25, -0.2) is 13.4 Å². The van der Waals surface area contributed by atoms with Crippen molar-refractivity contribution >= 4 is 15.7 Å². The van der Waals surface area contributed by atoms with Crippen molar-refractivity contribution in [1.29, 1.82) is 0 Å². The number of rotatable bonds is 4. The highest BCUT2D eigenvalue weighted by Crippen LogP contribution is 2.18. The van der Waals surface area contributed by atoms with E-state index >= 15 is 0 Å². The first-order valence-corrected chi connectivity index (χ1v) is 7.66. The predicted octanol–water partition coefficient (Wildman–Crippen LogP) is 1.80. The molecule has 0 radical (unpaired) electrons. The number of nitrogens with one attached hydrogen (secondary N) is 1. The average molecular weight is 277 g/mol. The smallest absolute Gasteiger partial charge is 0.179 e. The minimum absolute atomic E-state index is 0.210. The van der Waals surface area contributed by atoms with Crippen molar-refractivity contribution < 1.29 is 8.42 Å². The van der Waals surface area contributed by atoms with Crippen LogP contribution >= 0.6 is 0 Å². The fraction of sp³-hybridized carbons (Fsp3) is 0.231. The van der Waals surface area contributed by atoms with Crippen LogP contribution in [0.2, 0.25) is 0 Å². The van der Waals surface area contributed by atoms with Gasteiger partial charge in [-0.2, -0.15) is 0 Å². The number of anilines is 1. The molecule has 0 aromatic carbocycles. The number of hydrogen-bond donors (Lipinski definition) is 1. The zero-order chi connectivity index (χ0) is 13.9. The van der Waals surface area contributed by atoms with Gasteiger partial charge in [-0.05, 0) is 36.2 Å². The molecule has 19 heavy (non-hydrogen) atoms. The van der Waals surface area contributed by atoms with E-state index in [4.69, 9.17) is 0 Å². The Morgan fingerprint density at radius 2 is 2.05 bits per heavy atom. The first kappa shape index (κ1) is 13.5. The van der Waals surface area contributed by atoms with Crippen molar-refractivity contribution in [3.63, 3.8) is 0 Å². The molecule has 0 unspecified atom stereocenters. The Labute approximate surface area is 112 Å². The lowest BCUT2D eigenvalue weighted by Gasteiger charge is -2.10. The molecule has 0 saturated heterocycles. The normalized spacial score (nSPS) is 11.3. The summed E-state index contributed by atoms with van der Waals surface area (Å²) in [5.74, 6) is 0.376. The third-order valence-electron chi connectivity index (χ3n) is 2.75. The Morgan fingerprint density at radius 1 is 1.26 bits per heavy atom. The highest BCUT2D eigenvalue weighted by molar-refractivity contribution is 7.90. The van der Waals surface area contributed by atoms with Crippen molar-refractivity contribution in [3.8, 4) is 0 Å². The average Bonchev–Trinajstić information content (AvgIpc) is 2.37. The van der Waals surface area contributed by atoms with Gasteiger partial charge in [-0.15, -0.1) is 0 Å². The van der Waals surface area contributed by atoms with Crippen LogP contribution in [0.4, 0.5) is 5.82 Å². The molecule has 2 aromatic heterocycles. The highest BCUT2D eigenvalue weighted by Gasteiger charge is 2.13. The van der Waals surface area contributed by atoms with Gasteiger partial charge in [0.05, 0.1) is 0 Å². The minimum atomic E-state index is -3.29. The van der Waals surface area contributed by atoms with E-state index in [1.807, 2.05) is 13.0 Å². The van der Waals surface area contributed by atoms with E-state index in [9.17, 15) is 8.42 Å². The molecule has 2 aromatic rings. The third-order valence-corrected chi connectivity index (χ3v) is 3.88. The lowest BCUT2D eigenvalue weighted by atomic mass is 10.1. The van der Waals surface area contributed by atoms with Gasteiger partial charge in [-0.3, -0.25) is 4.98 Å². The maximum Gasteiger partial charge on any atom is 0.179 e.